The summed E-state index contributed by atoms with van der Waals surface area (Å²) in [6, 6.07) is 7.51. The molecule has 1 aromatic rings. The number of rotatable bonds is 7. The lowest BCUT2D eigenvalue weighted by Crippen LogP contribution is -2.38. The van der Waals surface area contributed by atoms with E-state index in [1.54, 1.807) is 25.2 Å². The van der Waals surface area contributed by atoms with E-state index in [0.29, 0.717) is 17.5 Å². The molecule has 1 rings (SSSR count). The summed E-state index contributed by atoms with van der Waals surface area (Å²) in [4.78, 5) is 0.362. The summed E-state index contributed by atoms with van der Waals surface area (Å²) in [7, 11) is -1.79. The predicted octanol–water partition coefficient (Wildman–Crippen LogP) is 2.85. The van der Waals surface area contributed by atoms with Crippen LogP contribution in [0.1, 0.15) is 40.2 Å². The van der Waals surface area contributed by atoms with Crippen molar-refractivity contribution in [2.24, 2.45) is 5.92 Å². The third kappa shape index (κ3) is 4.80. The number of hydrogen-bond donors (Lipinski definition) is 1. The van der Waals surface area contributed by atoms with Crippen molar-refractivity contribution in [3.05, 3.63) is 29.8 Å². The van der Waals surface area contributed by atoms with E-state index in [1.165, 1.54) is 4.31 Å². The fourth-order valence-electron chi connectivity index (χ4n) is 1.94. The number of hydrogen-bond acceptors (Lipinski definition) is 3. The number of nitrogens with one attached hydrogen (secondary N) is 1. The van der Waals surface area contributed by atoms with E-state index >= 15 is 0 Å². The standard InChI is InChI=1S/C16H28N2O2S/c1-12(2)14(5)18(6)21(19,20)16-9-7-8-15(10-16)11-17-13(3)4/h7-10,12-14,17H,11H2,1-6H3. The molecule has 4 nitrogen and oxygen atoms in total. The molecule has 0 spiro atoms. The monoisotopic (exact) mass is 312 g/mol. The summed E-state index contributed by atoms with van der Waals surface area (Å²) in [6.45, 7) is 10.8. The highest BCUT2D eigenvalue weighted by atomic mass is 32.2. The van der Waals surface area contributed by atoms with Gasteiger partial charge in [0.25, 0.3) is 0 Å². The molecule has 0 bridgehead atoms. The Kier molecular flexibility index (Phi) is 6.38. The van der Waals surface area contributed by atoms with Gasteiger partial charge < -0.3 is 5.32 Å². The largest absolute Gasteiger partial charge is 0.310 e. The molecule has 0 aliphatic rings. The van der Waals surface area contributed by atoms with Crippen LogP contribution < -0.4 is 5.32 Å². The molecule has 1 unspecified atom stereocenters. The van der Waals surface area contributed by atoms with Gasteiger partial charge in [0.15, 0.2) is 0 Å². The number of benzene rings is 1. The lowest BCUT2D eigenvalue weighted by Gasteiger charge is -2.27. The fourth-order valence-corrected chi connectivity index (χ4v) is 3.51. The van der Waals surface area contributed by atoms with Crippen molar-refractivity contribution in [3.8, 4) is 0 Å². The maximum absolute atomic E-state index is 12.7. The van der Waals surface area contributed by atoms with Crippen molar-refractivity contribution in [3.63, 3.8) is 0 Å². The normalized spacial score (nSPS) is 14.1. The molecule has 0 radical (unpaired) electrons. The fraction of sp³-hybridized carbons (Fsp3) is 0.625. The van der Waals surface area contributed by atoms with Gasteiger partial charge in [0.1, 0.15) is 0 Å². The Balaban J connectivity index is 3.01. The molecule has 1 atom stereocenters. The second-order valence-corrected chi connectivity index (χ2v) is 8.19. The van der Waals surface area contributed by atoms with Gasteiger partial charge >= 0.3 is 0 Å². The smallest absolute Gasteiger partial charge is 0.243 e. The molecule has 0 amide bonds. The van der Waals surface area contributed by atoms with Gasteiger partial charge in [-0.25, -0.2) is 8.42 Å². The molecule has 0 heterocycles. The SMILES string of the molecule is CC(C)NCc1cccc(S(=O)(=O)N(C)C(C)C(C)C)c1. The van der Waals surface area contributed by atoms with E-state index in [1.807, 2.05) is 26.8 Å². The van der Waals surface area contributed by atoms with E-state index < -0.39 is 10.0 Å². The summed E-state index contributed by atoms with van der Waals surface area (Å²) in [6.07, 6.45) is 0. The summed E-state index contributed by atoms with van der Waals surface area (Å²) in [5, 5.41) is 3.30. The van der Waals surface area contributed by atoms with Crippen LogP contribution in [0.15, 0.2) is 29.2 Å². The minimum absolute atomic E-state index is 0.0348. The molecule has 0 aliphatic heterocycles. The van der Waals surface area contributed by atoms with Crippen LogP contribution in [-0.2, 0) is 16.6 Å². The van der Waals surface area contributed by atoms with Crippen molar-refractivity contribution in [1.82, 2.24) is 9.62 Å². The van der Waals surface area contributed by atoms with Gasteiger partial charge in [-0.3, -0.25) is 0 Å². The molecular weight excluding hydrogens is 284 g/mol. The van der Waals surface area contributed by atoms with Gasteiger partial charge in [0.2, 0.25) is 10.0 Å². The van der Waals surface area contributed by atoms with Crippen molar-refractivity contribution in [2.45, 2.75) is 58.1 Å². The summed E-state index contributed by atoms with van der Waals surface area (Å²) in [5.41, 5.74) is 0.982. The van der Waals surface area contributed by atoms with Crippen molar-refractivity contribution < 1.29 is 8.42 Å². The first kappa shape index (κ1) is 18.1. The van der Waals surface area contributed by atoms with E-state index in [9.17, 15) is 8.42 Å². The Morgan fingerprint density at radius 1 is 1.14 bits per heavy atom. The van der Waals surface area contributed by atoms with Crippen LogP contribution in [0.25, 0.3) is 0 Å². The van der Waals surface area contributed by atoms with E-state index in [-0.39, 0.29) is 12.0 Å². The molecule has 5 heteroatoms. The van der Waals surface area contributed by atoms with Crippen LogP contribution >= 0.6 is 0 Å². The second kappa shape index (κ2) is 7.38. The van der Waals surface area contributed by atoms with Crippen molar-refractivity contribution in [2.75, 3.05) is 7.05 Å². The third-order valence-corrected chi connectivity index (χ3v) is 5.77. The average Bonchev–Trinajstić information content (AvgIpc) is 2.43. The van der Waals surface area contributed by atoms with Crippen LogP contribution in [0.4, 0.5) is 0 Å². The van der Waals surface area contributed by atoms with Crippen LogP contribution in [0.3, 0.4) is 0 Å². The quantitative estimate of drug-likeness (QED) is 0.842. The molecular formula is C16H28N2O2S. The van der Waals surface area contributed by atoms with E-state index in [2.05, 4.69) is 19.2 Å². The molecule has 0 aliphatic carbocycles. The summed E-state index contributed by atoms with van der Waals surface area (Å²) < 4.78 is 26.8. The van der Waals surface area contributed by atoms with Gasteiger partial charge in [-0.2, -0.15) is 4.31 Å². The molecule has 21 heavy (non-hydrogen) atoms. The van der Waals surface area contributed by atoms with E-state index in [4.69, 9.17) is 0 Å². The van der Waals surface area contributed by atoms with Gasteiger partial charge in [-0.05, 0) is 30.5 Å². The topological polar surface area (TPSA) is 49.4 Å². The van der Waals surface area contributed by atoms with E-state index in [0.717, 1.165) is 5.56 Å². The molecule has 0 aromatic heterocycles. The highest BCUT2D eigenvalue weighted by Crippen LogP contribution is 2.20. The van der Waals surface area contributed by atoms with Crippen molar-refractivity contribution in [1.29, 1.82) is 0 Å². The third-order valence-electron chi connectivity index (χ3n) is 3.83. The zero-order valence-corrected chi connectivity index (χ0v) is 14.7. The molecule has 1 N–H and O–H groups in total. The molecule has 0 fully saturated rings. The zero-order valence-electron chi connectivity index (χ0n) is 13.9. The van der Waals surface area contributed by atoms with Gasteiger partial charge in [-0.1, -0.05) is 39.8 Å². The van der Waals surface area contributed by atoms with Crippen LogP contribution in [0.5, 0.6) is 0 Å². The molecule has 120 valence electrons. The summed E-state index contributed by atoms with van der Waals surface area (Å²) in [5.74, 6) is 0.274. The number of sulfonamides is 1. The Hall–Kier alpha value is -0.910. The lowest BCUT2D eigenvalue weighted by atomic mass is 10.1. The Labute approximate surface area is 129 Å². The molecule has 1 aromatic carbocycles. The molecule has 0 saturated heterocycles. The average molecular weight is 312 g/mol. The maximum Gasteiger partial charge on any atom is 0.243 e. The maximum atomic E-state index is 12.7. The van der Waals surface area contributed by atoms with Gasteiger partial charge in [0, 0.05) is 25.7 Å². The lowest BCUT2D eigenvalue weighted by molar-refractivity contribution is 0.316. The first-order chi connectivity index (χ1) is 9.66. The predicted molar refractivity (Wildman–Crippen MR) is 87.7 cm³/mol. The van der Waals surface area contributed by atoms with Gasteiger partial charge in [-0.15, -0.1) is 0 Å². The minimum atomic E-state index is -3.44. The Morgan fingerprint density at radius 2 is 1.76 bits per heavy atom. The summed E-state index contributed by atoms with van der Waals surface area (Å²) >= 11 is 0. The van der Waals surface area contributed by atoms with Crippen LogP contribution in [0, 0.1) is 5.92 Å². The minimum Gasteiger partial charge on any atom is -0.310 e. The highest BCUT2D eigenvalue weighted by molar-refractivity contribution is 7.89. The molecule has 0 saturated carbocycles. The number of nitrogens with zero attached hydrogens (tertiary/aromatic N) is 1. The zero-order chi connectivity index (χ0) is 16.2. The highest BCUT2D eigenvalue weighted by Gasteiger charge is 2.27. The van der Waals surface area contributed by atoms with Crippen LogP contribution in [0.2, 0.25) is 0 Å². The first-order valence-electron chi connectivity index (χ1n) is 7.46. The Bertz CT molecular complexity index is 553. The first-order valence-corrected chi connectivity index (χ1v) is 8.90. The second-order valence-electron chi connectivity index (χ2n) is 6.19. The van der Waals surface area contributed by atoms with Crippen molar-refractivity contribution >= 4 is 10.0 Å². The Morgan fingerprint density at radius 3 is 2.29 bits per heavy atom. The van der Waals surface area contributed by atoms with Gasteiger partial charge in [0.05, 0.1) is 4.90 Å². The van der Waals surface area contributed by atoms with Crippen LogP contribution in [-0.4, -0.2) is 31.9 Å².